The summed E-state index contributed by atoms with van der Waals surface area (Å²) in [5, 5.41) is 6.28. The number of hydrogen-bond acceptors (Lipinski definition) is 5. The van der Waals surface area contributed by atoms with Crippen molar-refractivity contribution in [3.63, 3.8) is 0 Å². The van der Waals surface area contributed by atoms with Crippen LogP contribution in [0.15, 0.2) is 47.9 Å². The summed E-state index contributed by atoms with van der Waals surface area (Å²) in [7, 11) is 3.05. The molecule has 3 rings (SSSR count). The molecule has 0 atom stereocenters. The molecule has 0 saturated carbocycles. The zero-order valence-electron chi connectivity index (χ0n) is 15.7. The fourth-order valence-electron chi connectivity index (χ4n) is 2.61. The van der Waals surface area contributed by atoms with Gasteiger partial charge in [-0.25, -0.2) is 4.98 Å². The first-order chi connectivity index (χ1) is 13.5. The Kier molecular flexibility index (Phi) is 6.34. The maximum atomic E-state index is 12.2. The number of carbonyl (C=O) groups excluding carboxylic acids is 1. The number of aromatic nitrogens is 1. The summed E-state index contributed by atoms with van der Waals surface area (Å²) in [6.45, 7) is 1.97. The van der Waals surface area contributed by atoms with Crippen molar-refractivity contribution in [2.45, 2.75) is 6.92 Å². The largest absolute Gasteiger partial charge is 0.493 e. The van der Waals surface area contributed by atoms with Crippen LogP contribution in [0.1, 0.15) is 10.6 Å². The van der Waals surface area contributed by atoms with E-state index in [-0.39, 0.29) is 5.91 Å². The predicted molar refractivity (Wildman–Crippen MR) is 115 cm³/mol. The Balaban J connectivity index is 1.67. The van der Waals surface area contributed by atoms with Gasteiger partial charge in [-0.15, -0.1) is 11.3 Å². The summed E-state index contributed by atoms with van der Waals surface area (Å²) >= 11 is 7.79. The van der Waals surface area contributed by atoms with Crippen molar-refractivity contribution in [2.75, 3.05) is 19.5 Å². The molecule has 0 aliphatic heterocycles. The van der Waals surface area contributed by atoms with Gasteiger partial charge in [0.1, 0.15) is 0 Å². The number of anilines is 1. The van der Waals surface area contributed by atoms with Gasteiger partial charge in [0.25, 0.3) is 0 Å². The number of halogens is 1. The lowest BCUT2D eigenvalue weighted by molar-refractivity contribution is -0.111. The predicted octanol–water partition coefficient (Wildman–Crippen LogP) is 5.44. The summed E-state index contributed by atoms with van der Waals surface area (Å²) in [4.78, 5) is 16.7. The van der Waals surface area contributed by atoms with Gasteiger partial charge in [0.15, 0.2) is 11.5 Å². The van der Waals surface area contributed by atoms with Crippen molar-refractivity contribution in [1.82, 2.24) is 4.98 Å². The lowest BCUT2D eigenvalue weighted by Crippen LogP contribution is -2.07. The molecule has 0 saturated heterocycles. The number of ether oxygens (including phenoxy) is 2. The van der Waals surface area contributed by atoms with Gasteiger partial charge in [0, 0.05) is 22.7 Å². The average molecular weight is 415 g/mol. The monoisotopic (exact) mass is 414 g/mol. The highest BCUT2D eigenvalue weighted by Crippen LogP contribution is 2.36. The van der Waals surface area contributed by atoms with E-state index in [4.69, 9.17) is 21.1 Å². The zero-order chi connectivity index (χ0) is 20.1. The van der Waals surface area contributed by atoms with Crippen LogP contribution in [-0.4, -0.2) is 25.1 Å². The number of aryl methyl sites for hydroxylation is 1. The van der Waals surface area contributed by atoms with E-state index in [0.29, 0.717) is 22.2 Å². The van der Waals surface area contributed by atoms with Crippen LogP contribution in [0.2, 0.25) is 5.02 Å². The molecule has 1 N–H and O–H groups in total. The topological polar surface area (TPSA) is 60.5 Å². The number of nitrogens with one attached hydrogen (secondary N) is 1. The van der Waals surface area contributed by atoms with Gasteiger partial charge in [0.2, 0.25) is 5.91 Å². The average Bonchev–Trinajstić information content (AvgIpc) is 3.12. The van der Waals surface area contributed by atoms with Crippen LogP contribution < -0.4 is 14.8 Å². The van der Waals surface area contributed by atoms with Crippen molar-refractivity contribution >= 4 is 40.6 Å². The Hall–Kier alpha value is -2.83. The molecule has 28 heavy (non-hydrogen) atoms. The van der Waals surface area contributed by atoms with E-state index in [9.17, 15) is 4.79 Å². The van der Waals surface area contributed by atoms with Crippen molar-refractivity contribution in [3.05, 3.63) is 63.4 Å². The quantitative estimate of drug-likeness (QED) is 0.545. The van der Waals surface area contributed by atoms with Gasteiger partial charge in [-0.3, -0.25) is 4.79 Å². The molecule has 1 heterocycles. The van der Waals surface area contributed by atoms with Gasteiger partial charge in [0.05, 0.1) is 29.9 Å². The number of hydrogen-bond donors (Lipinski definition) is 1. The van der Waals surface area contributed by atoms with Gasteiger partial charge >= 0.3 is 0 Å². The minimum atomic E-state index is -0.247. The molecule has 0 spiro atoms. The van der Waals surface area contributed by atoms with Crippen LogP contribution in [0.4, 0.5) is 5.69 Å². The number of carbonyl (C=O) groups is 1. The van der Waals surface area contributed by atoms with E-state index in [1.54, 1.807) is 29.5 Å². The summed E-state index contributed by atoms with van der Waals surface area (Å²) in [5.41, 5.74) is 3.38. The molecule has 0 radical (unpaired) electrons. The summed E-state index contributed by atoms with van der Waals surface area (Å²) in [6.07, 6.45) is 3.10. The minimum absolute atomic E-state index is 0.247. The molecule has 1 aromatic heterocycles. The number of benzene rings is 2. The molecule has 144 valence electrons. The molecule has 5 nitrogen and oxygen atoms in total. The molecular formula is C21H19ClN2O3S. The van der Waals surface area contributed by atoms with Crippen molar-refractivity contribution < 1.29 is 14.3 Å². The molecule has 2 aromatic carbocycles. The van der Waals surface area contributed by atoms with Crippen molar-refractivity contribution in [2.24, 2.45) is 0 Å². The van der Waals surface area contributed by atoms with E-state index in [0.717, 1.165) is 21.8 Å². The van der Waals surface area contributed by atoms with E-state index in [2.05, 4.69) is 10.3 Å². The Morgan fingerprint density at radius 2 is 1.93 bits per heavy atom. The first kappa shape index (κ1) is 19.9. The zero-order valence-corrected chi connectivity index (χ0v) is 17.2. The Labute approximate surface area is 172 Å². The van der Waals surface area contributed by atoms with Crippen LogP contribution in [-0.2, 0) is 4.79 Å². The van der Waals surface area contributed by atoms with Crippen LogP contribution in [0.5, 0.6) is 11.5 Å². The van der Waals surface area contributed by atoms with Crippen LogP contribution >= 0.6 is 22.9 Å². The van der Waals surface area contributed by atoms with E-state index >= 15 is 0 Å². The standard InChI is InChI=1S/C21H19ClN2O3S/c1-13-23-18(12-28-13)15-5-7-16(8-6-15)24-20(25)9-4-14-10-17(22)21(27-3)19(11-14)26-2/h4-12H,1-3H3,(H,24,25)/b9-4+. The third-order valence-corrected chi connectivity index (χ3v) is 5.00. The van der Waals surface area contributed by atoms with E-state index < -0.39 is 0 Å². The fourth-order valence-corrected chi connectivity index (χ4v) is 3.53. The van der Waals surface area contributed by atoms with Crippen LogP contribution in [0, 0.1) is 6.92 Å². The number of nitrogens with zero attached hydrogens (tertiary/aromatic N) is 1. The van der Waals surface area contributed by atoms with Crippen molar-refractivity contribution in [1.29, 1.82) is 0 Å². The maximum Gasteiger partial charge on any atom is 0.248 e. The normalized spacial score (nSPS) is 10.9. The van der Waals surface area contributed by atoms with Gasteiger partial charge in [-0.1, -0.05) is 23.7 Å². The van der Waals surface area contributed by atoms with E-state index in [1.807, 2.05) is 36.6 Å². The Morgan fingerprint density at radius 1 is 1.18 bits per heavy atom. The first-order valence-electron chi connectivity index (χ1n) is 8.43. The molecule has 0 aliphatic rings. The summed E-state index contributed by atoms with van der Waals surface area (Å²) in [5.74, 6) is 0.715. The number of methoxy groups -OCH3 is 2. The third kappa shape index (κ3) is 4.71. The first-order valence-corrected chi connectivity index (χ1v) is 9.69. The Morgan fingerprint density at radius 3 is 2.54 bits per heavy atom. The lowest BCUT2D eigenvalue weighted by Gasteiger charge is -2.10. The lowest BCUT2D eigenvalue weighted by atomic mass is 10.1. The molecule has 7 heteroatoms. The summed E-state index contributed by atoms with van der Waals surface area (Å²) < 4.78 is 10.5. The van der Waals surface area contributed by atoms with Gasteiger partial charge in [-0.2, -0.15) is 0 Å². The highest BCUT2D eigenvalue weighted by Gasteiger charge is 2.10. The number of rotatable bonds is 6. The van der Waals surface area contributed by atoms with Crippen LogP contribution in [0.3, 0.4) is 0 Å². The molecule has 3 aromatic rings. The smallest absolute Gasteiger partial charge is 0.248 e. The minimum Gasteiger partial charge on any atom is -0.493 e. The third-order valence-electron chi connectivity index (χ3n) is 3.95. The Bertz CT molecular complexity index is 1010. The van der Waals surface area contributed by atoms with Crippen molar-refractivity contribution in [3.8, 4) is 22.8 Å². The molecular weight excluding hydrogens is 396 g/mol. The van der Waals surface area contributed by atoms with E-state index in [1.165, 1.54) is 20.3 Å². The highest BCUT2D eigenvalue weighted by molar-refractivity contribution is 7.09. The fraction of sp³-hybridized carbons (Fsp3) is 0.143. The second kappa shape index (κ2) is 8.91. The summed E-state index contributed by atoms with van der Waals surface area (Å²) in [6, 6.07) is 11.0. The molecule has 0 unspecified atom stereocenters. The second-order valence-corrected chi connectivity index (χ2v) is 7.36. The number of amides is 1. The molecule has 0 fully saturated rings. The number of thiazole rings is 1. The SMILES string of the molecule is COc1cc(/C=C/C(=O)Nc2ccc(-c3csc(C)n3)cc2)cc(Cl)c1OC. The van der Waals surface area contributed by atoms with Gasteiger partial charge < -0.3 is 14.8 Å². The molecule has 1 amide bonds. The van der Waals surface area contributed by atoms with Gasteiger partial charge in [-0.05, 0) is 42.8 Å². The highest BCUT2D eigenvalue weighted by atomic mass is 35.5. The second-order valence-electron chi connectivity index (χ2n) is 5.89. The van der Waals surface area contributed by atoms with Crippen LogP contribution in [0.25, 0.3) is 17.3 Å². The molecule has 0 bridgehead atoms. The maximum absolute atomic E-state index is 12.2. The molecule has 0 aliphatic carbocycles.